The van der Waals surface area contributed by atoms with Gasteiger partial charge in [0, 0.05) is 49.4 Å². The van der Waals surface area contributed by atoms with E-state index in [2.05, 4.69) is 36.8 Å². The van der Waals surface area contributed by atoms with E-state index in [9.17, 15) is 5.11 Å². The minimum absolute atomic E-state index is 0. The van der Waals surface area contributed by atoms with Crippen LogP contribution in [0.1, 0.15) is 51.3 Å². The number of benzene rings is 1. The van der Waals surface area contributed by atoms with Crippen molar-refractivity contribution >= 4 is 16.8 Å². The van der Waals surface area contributed by atoms with Crippen LogP contribution in [0.4, 0.5) is 0 Å². The summed E-state index contributed by atoms with van der Waals surface area (Å²) in [5.74, 6) is 1.49. The number of aryl methyl sites for hydroxylation is 1. The topological polar surface area (TPSA) is 76.8 Å². The molecular weight excluding hydrogens is 585 g/mol. The van der Waals surface area contributed by atoms with Crippen LogP contribution in [0, 0.1) is 18.4 Å². The minimum Gasteiger partial charge on any atom is -0.526 e. The molecular formula is C25H26N3O3Pt-. The summed E-state index contributed by atoms with van der Waals surface area (Å²) in [4.78, 5) is 13.8. The first-order valence-electron chi connectivity index (χ1n) is 10.7. The van der Waals surface area contributed by atoms with Crippen LogP contribution in [0.15, 0.2) is 41.5 Å². The Hall–Kier alpha value is -2.46. The molecule has 6 nitrogen and oxygen atoms in total. The standard InChI is InChI=1S/C25H26N3O3.Pt/c1-15-12-16-6-7-20(27-21(16)19(29)13-15)30-17-8-11-26-18(14-17)22-28-25(4)10-5-9-24(2,3)23(25)31-22;/h6-8,11-13,23,29H,5,9-10H2,1-4H3;/q-1;/t23-,25-;/m0./s1. The summed E-state index contributed by atoms with van der Waals surface area (Å²) in [6, 6.07) is 12.2. The molecule has 0 saturated heterocycles. The minimum atomic E-state index is -0.237. The van der Waals surface area contributed by atoms with Crippen molar-refractivity contribution in [3.63, 3.8) is 0 Å². The quantitative estimate of drug-likeness (QED) is 0.405. The monoisotopic (exact) mass is 611 g/mol. The zero-order valence-electron chi connectivity index (χ0n) is 18.6. The van der Waals surface area contributed by atoms with Crippen molar-refractivity contribution in [2.45, 2.75) is 58.6 Å². The molecule has 32 heavy (non-hydrogen) atoms. The number of rotatable bonds is 3. The first kappa shape index (κ1) is 22.7. The molecule has 1 aliphatic carbocycles. The Labute approximate surface area is 202 Å². The molecule has 0 radical (unpaired) electrons. The molecule has 1 fully saturated rings. The molecule has 0 amide bonds. The zero-order valence-corrected chi connectivity index (χ0v) is 20.9. The summed E-state index contributed by atoms with van der Waals surface area (Å²) in [7, 11) is 0. The molecule has 0 unspecified atom stereocenters. The predicted molar refractivity (Wildman–Crippen MR) is 119 cm³/mol. The molecule has 170 valence electrons. The average molecular weight is 612 g/mol. The van der Waals surface area contributed by atoms with E-state index in [1.54, 1.807) is 24.4 Å². The molecule has 1 aliphatic heterocycles. The van der Waals surface area contributed by atoms with Crippen LogP contribution in [-0.4, -0.2) is 32.6 Å². The molecule has 7 heteroatoms. The summed E-state index contributed by atoms with van der Waals surface area (Å²) in [5, 5.41) is 11.1. The number of phenols is 1. The van der Waals surface area contributed by atoms with Gasteiger partial charge in [-0.25, -0.2) is 4.98 Å². The third-order valence-corrected chi connectivity index (χ3v) is 6.34. The molecule has 1 saturated carbocycles. The van der Waals surface area contributed by atoms with Crippen molar-refractivity contribution in [3.8, 4) is 17.4 Å². The van der Waals surface area contributed by atoms with Crippen LogP contribution in [0.25, 0.3) is 10.9 Å². The summed E-state index contributed by atoms with van der Waals surface area (Å²) in [6.07, 6.45) is 4.95. The normalized spacial score (nSPS) is 23.6. The van der Waals surface area contributed by atoms with Gasteiger partial charge >= 0.3 is 0 Å². The maximum atomic E-state index is 10.2. The van der Waals surface area contributed by atoms with Crippen LogP contribution in [-0.2, 0) is 25.8 Å². The van der Waals surface area contributed by atoms with Crippen molar-refractivity contribution in [2.24, 2.45) is 10.4 Å². The van der Waals surface area contributed by atoms with E-state index in [-0.39, 0.29) is 43.9 Å². The Balaban J connectivity index is 0.00000245. The number of hydrogen-bond acceptors (Lipinski definition) is 6. The predicted octanol–water partition coefficient (Wildman–Crippen LogP) is 5.35. The smallest absolute Gasteiger partial charge is 0.217 e. The second-order valence-corrected chi connectivity index (χ2v) is 9.50. The van der Waals surface area contributed by atoms with Crippen molar-refractivity contribution in [1.82, 2.24) is 9.97 Å². The third-order valence-electron chi connectivity index (χ3n) is 6.34. The number of aliphatic imine (C=N–C) groups is 1. The average Bonchev–Trinajstić information content (AvgIpc) is 3.08. The fourth-order valence-corrected chi connectivity index (χ4v) is 4.94. The summed E-state index contributed by atoms with van der Waals surface area (Å²) in [5.41, 5.74) is 1.83. The number of aromatic hydroxyl groups is 1. The molecule has 1 N–H and O–H groups in total. The van der Waals surface area contributed by atoms with Gasteiger partial charge in [-0.3, -0.25) is 4.98 Å². The van der Waals surface area contributed by atoms with Crippen LogP contribution in [0.3, 0.4) is 0 Å². The number of nitrogens with zero attached hydrogens (tertiary/aromatic N) is 3. The number of fused-ring (bicyclic) bond motifs is 2. The molecule has 1 aromatic carbocycles. The molecule has 3 heterocycles. The fourth-order valence-electron chi connectivity index (χ4n) is 4.94. The largest absolute Gasteiger partial charge is 0.526 e. The van der Waals surface area contributed by atoms with Gasteiger partial charge in [-0.05, 0) is 56.6 Å². The zero-order chi connectivity index (χ0) is 21.8. The van der Waals surface area contributed by atoms with Gasteiger partial charge in [0.15, 0.2) is 0 Å². The van der Waals surface area contributed by atoms with E-state index in [0.717, 1.165) is 30.2 Å². The second-order valence-electron chi connectivity index (χ2n) is 9.50. The van der Waals surface area contributed by atoms with Crippen LogP contribution < -0.4 is 4.74 Å². The van der Waals surface area contributed by atoms with E-state index in [4.69, 9.17) is 14.5 Å². The number of aromatic nitrogens is 2. The molecule has 3 aromatic rings. The van der Waals surface area contributed by atoms with Crippen molar-refractivity contribution in [1.29, 1.82) is 0 Å². The van der Waals surface area contributed by atoms with E-state index >= 15 is 0 Å². The first-order valence-corrected chi connectivity index (χ1v) is 10.7. The van der Waals surface area contributed by atoms with Gasteiger partial charge in [0.2, 0.25) is 5.88 Å². The molecule has 2 atom stereocenters. The summed E-state index contributed by atoms with van der Waals surface area (Å²) < 4.78 is 12.2. The van der Waals surface area contributed by atoms with Gasteiger partial charge in [-0.1, -0.05) is 26.3 Å². The number of phenolic OH excluding ortho intramolecular Hbond substituents is 1. The molecule has 0 spiro atoms. The van der Waals surface area contributed by atoms with Gasteiger partial charge in [-0.2, -0.15) is 0 Å². The third kappa shape index (κ3) is 4.01. The molecule has 5 rings (SSSR count). The van der Waals surface area contributed by atoms with Crippen LogP contribution >= 0.6 is 0 Å². The Kier molecular flexibility index (Phi) is 5.79. The molecule has 0 bridgehead atoms. The Bertz CT molecular complexity index is 1210. The van der Waals surface area contributed by atoms with Gasteiger partial charge in [0.05, 0.1) is 5.54 Å². The fraction of sp³-hybridized carbons (Fsp3) is 0.400. The second kappa shape index (κ2) is 8.15. The maximum Gasteiger partial charge on any atom is 0.217 e. The van der Waals surface area contributed by atoms with Gasteiger partial charge in [0.1, 0.15) is 23.3 Å². The van der Waals surface area contributed by atoms with Crippen molar-refractivity contribution in [2.75, 3.05) is 0 Å². The van der Waals surface area contributed by atoms with E-state index in [0.29, 0.717) is 28.7 Å². The van der Waals surface area contributed by atoms with Gasteiger partial charge in [0.25, 0.3) is 0 Å². The van der Waals surface area contributed by atoms with E-state index in [1.165, 1.54) is 0 Å². The Morgan fingerprint density at radius 3 is 2.75 bits per heavy atom. The molecule has 2 aliphatic rings. The Morgan fingerprint density at radius 1 is 1.16 bits per heavy atom. The van der Waals surface area contributed by atoms with E-state index in [1.807, 2.05) is 19.1 Å². The van der Waals surface area contributed by atoms with Gasteiger partial charge < -0.3 is 19.6 Å². The van der Waals surface area contributed by atoms with Gasteiger partial charge in [-0.15, -0.1) is 6.07 Å². The number of ether oxygens (including phenoxy) is 2. The summed E-state index contributed by atoms with van der Waals surface area (Å²) >= 11 is 0. The number of hydrogen-bond donors (Lipinski definition) is 1. The van der Waals surface area contributed by atoms with E-state index < -0.39 is 0 Å². The number of pyridine rings is 2. The van der Waals surface area contributed by atoms with Crippen molar-refractivity contribution in [3.05, 3.63) is 53.9 Å². The van der Waals surface area contributed by atoms with Crippen LogP contribution in [0.2, 0.25) is 0 Å². The summed E-state index contributed by atoms with van der Waals surface area (Å²) in [6.45, 7) is 8.58. The Morgan fingerprint density at radius 2 is 1.97 bits per heavy atom. The SMILES string of the molecule is Cc1cc(O)c2nc(Oc3[c-]c(C4=N[C@@]5(C)CCCC(C)(C)[C@@H]5O4)ncc3)ccc2c1.[Pt]. The maximum absolute atomic E-state index is 10.2. The van der Waals surface area contributed by atoms with Crippen molar-refractivity contribution < 1.29 is 35.6 Å². The molecule has 2 aromatic heterocycles. The first-order chi connectivity index (χ1) is 14.7. The van der Waals surface area contributed by atoms with Crippen LogP contribution in [0.5, 0.6) is 17.4 Å².